The second kappa shape index (κ2) is 5.59. The van der Waals surface area contributed by atoms with Gasteiger partial charge in [0.15, 0.2) is 0 Å². The molecule has 3 atom stereocenters. The molecule has 2 bridgehead atoms. The average molecular weight is 494 g/mol. The summed E-state index contributed by atoms with van der Waals surface area (Å²) in [5, 5.41) is 3.16. The molecule has 2 nitrogen and oxygen atoms in total. The number of halogens is 3. The van der Waals surface area contributed by atoms with Crippen molar-refractivity contribution in [1.82, 2.24) is 5.32 Å². The number of alkyl halides is 3. The lowest BCUT2D eigenvalue weighted by molar-refractivity contribution is -0.161. The molecular formula is C17H20Br3NO. The summed E-state index contributed by atoms with van der Waals surface area (Å²) in [5.74, 6) is 0.178. The van der Waals surface area contributed by atoms with E-state index in [-0.39, 0.29) is 30.7 Å². The Hall–Kier alpha value is 0.130. The molecule has 3 aliphatic carbocycles. The summed E-state index contributed by atoms with van der Waals surface area (Å²) >= 11 is 11.3. The van der Waals surface area contributed by atoms with Crippen LogP contribution in [0.25, 0.3) is 0 Å². The van der Waals surface area contributed by atoms with Gasteiger partial charge in [-0.2, -0.15) is 0 Å². The highest BCUT2D eigenvalue weighted by atomic mass is 79.9. The van der Waals surface area contributed by atoms with Gasteiger partial charge in [0.05, 0.1) is 9.15 Å². The monoisotopic (exact) mass is 491 g/mol. The van der Waals surface area contributed by atoms with E-state index in [2.05, 4.69) is 67.0 Å². The van der Waals surface area contributed by atoms with Crippen molar-refractivity contribution < 1.29 is 4.79 Å². The van der Waals surface area contributed by atoms with Gasteiger partial charge >= 0.3 is 0 Å². The van der Waals surface area contributed by atoms with Crippen molar-refractivity contribution in [3.05, 3.63) is 35.9 Å². The molecule has 1 aromatic rings. The molecule has 3 fully saturated rings. The smallest absolute Gasteiger partial charge is 0.228 e. The Morgan fingerprint density at radius 2 is 1.91 bits per heavy atom. The van der Waals surface area contributed by atoms with E-state index in [0.717, 1.165) is 18.4 Å². The lowest BCUT2D eigenvalue weighted by atomic mass is 9.43. The van der Waals surface area contributed by atoms with Crippen molar-refractivity contribution in [1.29, 1.82) is 0 Å². The summed E-state index contributed by atoms with van der Waals surface area (Å²) in [4.78, 5) is 13.2. The van der Waals surface area contributed by atoms with E-state index in [9.17, 15) is 4.79 Å². The first-order valence-electron chi connectivity index (χ1n) is 7.55. The molecule has 0 aromatic heterocycles. The normalized spacial score (nSPS) is 35.3. The summed E-state index contributed by atoms with van der Waals surface area (Å²) in [5.41, 5.74) is 0.851. The van der Waals surface area contributed by atoms with Crippen molar-refractivity contribution in [3.8, 4) is 0 Å². The van der Waals surface area contributed by atoms with E-state index in [1.165, 1.54) is 0 Å². The number of nitrogens with one attached hydrogen (secondary N) is 1. The fourth-order valence-electron chi connectivity index (χ4n) is 4.63. The molecule has 0 radical (unpaired) electrons. The van der Waals surface area contributed by atoms with Crippen LogP contribution in [0.5, 0.6) is 0 Å². The lowest BCUT2D eigenvalue weighted by Crippen LogP contribution is -2.72. The fourth-order valence-corrected chi connectivity index (χ4v) is 9.55. The standard InChI is InChI=1S/C17H20Br3NO/c1-15(2)16(13(19)20)8-9-17(15,12(16)18)14(22)21-10-11-6-4-3-5-7-11/h3-7,12-13H,8-10H2,1-2H3,(H,21,22)/t12-,16+,17-/m1/s1. The van der Waals surface area contributed by atoms with Crippen molar-refractivity contribution >= 4 is 53.7 Å². The predicted molar refractivity (Wildman–Crippen MR) is 101 cm³/mol. The number of carbonyl (C=O) groups excluding carboxylic acids is 1. The number of carbonyl (C=O) groups is 1. The summed E-state index contributed by atoms with van der Waals surface area (Å²) in [6.07, 6.45) is 1.99. The Balaban J connectivity index is 1.79. The van der Waals surface area contributed by atoms with E-state index in [4.69, 9.17) is 0 Å². The number of rotatable bonds is 4. The fraction of sp³-hybridized carbons (Fsp3) is 0.588. The predicted octanol–water partition coefficient (Wildman–Crippen LogP) is 4.99. The van der Waals surface area contributed by atoms with Crippen LogP contribution in [0.4, 0.5) is 0 Å². The zero-order valence-corrected chi connectivity index (χ0v) is 17.5. The van der Waals surface area contributed by atoms with E-state index in [0.29, 0.717) is 6.54 Å². The Morgan fingerprint density at radius 3 is 2.41 bits per heavy atom. The Kier molecular flexibility index (Phi) is 4.31. The van der Waals surface area contributed by atoms with Gasteiger partial charge in [0.1, 0.15) is 0 Å². The largest absolute Gasteiger partial charge is 0.351 e. The number of fused-ring (bicyclic) bond motifs is 1. The van der Waals surface area contributed by atoms with Crippen molar-refractivity contribution in [2.45, 2.75) is 41.8 Å². The molecule has 0 saturated heterocycles. The zero-order chi connectivity index (χ0) is 16.2. The molecule has 4 rings (SSSR count). The van der Waals surface area contributed by atoms with Gasteiger partial charge < -0.3 is 5.32 Å². The SMILES string of the molecule is CC1(C)[C@]2(C(=O)NCc3ccccc3)CC[C@@]1(C(Br)Br)[C@H]2Br. The molecule has 3 aliphatic rings. The van der Waals surface area contributed by atoms with Crippen molar-refractivity contribution in [2.24, 2.45) is 16.2 Å². The lowest BCUT2D eigenvalue weighted by Gasteiger charge is -2.66. The van der Waals surface area contributed by atoms with Crippen LogP contribution >= 0.6 is 47.8 Å². The minimum absolute atomic E-state index is 0.0490. The van der Waals surface area contributed by atoms with Crippen LogP contribution in [0.2, 0.25) is 0 Å². The maximum absolute atomic E-state index is 13.0. The second-order valence-electron chi connectivity index (χ2n) is 6.97. The van der Waals surface area contributed by atoms with E-state index >= 15 is 0 Å². The highest BCUT2D eigenvalue weighted by Gasteiger charge is 2.83. The van der Waals surface area contributed by atoms with E-state index in [1.807, 2.05) is 30.3 Å². The number of amides is 1. The maximum Gasteiger partial charge on any atom is 0.228 e. The van der Waals surface area contributed by atoms with Crippen LogP contribution in [0, 0.1) is 16.2 Å². The van der Waals surface area contributed by atoms with Crippen LogP contribution in [-0.2, 0) is 11.3 Å². The number of benzene rings is 1. The van der Waals surface area contributed by atoms with Gasteiger partial charge in [0.25, 0.3) is 0 Å². The summed E-state index contributed by atoms with van der Waals surface area (Å²) < 4.78 is 0.212. The first-order chi connectivity index (χ1) is 10.3. The molecule has 1 aromatic carbocycles. The van der Waals surface area contributed by atoms with Crippen LogP contribution < -0.4 is 5.32 Å². The molecule has 1 amide bonds. The highest BCUT2D eigenvalue weighted by Crippen LogP contribution is 2.82. The van der Waals surface area contributed by atoms with Gasteiger partial charge in [-0.05, 0) is 23.8 Å². The summed E-state index contributed by atoms with van der Waals surface area (Å²) in [6, 6.07) is 10.1. The summed E-state index contributed by atoms with van der Waals surface area (Å²) in [7, 11) is 0. The van der Waals surface area contributed by atoms with Gasteiger partial charge in [-0.1, -0.05) is 92.0 Å². The molecule has 0 aliphatic heterocycles. The van der Waals surface area contributed by atoms with Crippen LogP contribution in [0.1, 0.15) is 32.3 Å². The second-order valence-corrected chi connectivity index (χ2v) is 10.9. The topological polar surface area (TPSA) is 29.1 Å². The maximum atomic E-state index is 13.0. The molecule has 5 heteroatoms. The van der Waals surface area contributed by atoms with Crippen LogP contribution in [-0.4, -0.2) is 14.5 Å². The molecular weight excluding hydrogens is 474 g/mol. The first-order valence-corrected chi connectivity index (χ1v) is 10.3. The van der Waals surface area contributed by atoms with Crippen LogP contribution in [0.15, 0.2) is 30.3 Å². The Morgan fingerprint density at radius 1 is 1.27 bits per heavy atom. The average Bonchev–Trinajstić information content (AvgIpc) is 2.95. The minimum atomic E-state index is -0.318. The third-order valence-electron chi connectivity index (χ3n) is 6.19. The third-order valence-corrected chi connectivity index (χ3v) is 9.42. The van der Waals surface area contributed by atoms with E-state index in [1.54, 1.807) is 0 Å². The molecule has 120 valence electrons. The quantitative estimate of drug-likeness (QED) is 0.588. The van der Waals surface area contributed by atoms with Gasteiger partial charge in [-0.25, -0.2) is 0 Å². The van der Waals surface area contributed by atoms with Crippen LogP contribution in [0.3, 0.4) is 0 Å². The Labute approximate surface area is 157 Å². The highest BCUT2D eigenvalue weighted by molar-refractivity contribution is 9.24. The van der Waals surface area contributed by atoms with Crippen molar-refractivity contribution in [3.63, 3.8) is 0 Å². The zero-order valence-electron chi connectivity index (χ0n) is 12.7. The van der Waals surface area contributed by atoms with Gasteiger partial charge in [-0.3, -0.25) is 4.79 Å². The number of hydrogen-bond acceptors (Lipinski definition) is 1. The molecule has 3 saturated carbocycles. The number of hydrogen-bond donors (Lipinski definition) is 1. The first kappa shape index (κ1) is 17.0. The molecule has 0 heterocycles. The summed E-state index contributed by atoms with van der Waals surface area (Å²) in [6.45, 7) is 5.06. The molecule has 0 spiro atoms. The Bertz CT molecular complexity index is 589. The van der Waals surface area contributed by atoms with Crippen molar-refractivity contribution in [2.75, 3.05) is 0 Å². The molecule has 1 N–H and O–H groups in total. The van der Waals surface area contributed by atoms with E-state index < -0.39 is 0 Å². The molecule has 0 unspecified atom stereocenters. The van der Waals surface area contributed by atoms with Gasteiger partial charge in [0.2, 0.25) is 5.91 Å². The van der Waals surface area contributed by atoms with Gasteiger partial charge in [0, 0.05) is 16.8 Å². The van der Waals surface area contributed by atoms with Gasteiger partial charge in [-0.15, -0.1) is 0 Å². The third kappa shape index (κ3) is 1.91. The molecule has 22 heavy (non-hydrogen) atoms. The minimum Gasteiger partial charge on any atom is -0.351 e.